The van der Waals surface area contributed by atoms with Crippen molar-refractivity contribution >= 4 is 97.2 Å². The van der Waals surface area contributed by atoms with Crippen molar-refractivity contribution in [3.63, 3.8) is 0 Å². The molecule has 10 aromatic carbocycles. The number of nitrogens with zero attached hydrogens (tertiary/aromatic N) is 6. The van der Waals surface area contributed by atoms with Crippen LogP contribution in [0.3, 0.4) is 0 Å². The lowest BCUT2D eigenvalue weighted by atomic mass is 9.78. The number of thiophene rings is 1. The van der Waals surface area contributed by atoms with Crippen LogP contribution >= 0.6 is 11.3 Å². The lowest BCUT2D eigenvalue weighted by Crippen LogP contribution is -2.20. The molecule has 0 N–H and O–H groups in total. The van der Waals surface area contributed by atoms with E-state index >= 15 is 0 Å². The number of hydrogen-bond donors (Lipinski definition) is 0. The average molecular weight is 1070 g/mol. The van der Waals surface area contributed by atoms with Gasteiger partial charge in [-0.2, -0.15) is 0 Å². The number of benzene rings is 10. The average Bonchev–Trinajstić information content (AvgIpc) is 3.12. The predicted octanol–water partition coefficient (Wildman–Crippen LogP) is 19.4. The molecule has 6 heterocycles. The lowest BCUT2D eigenvalue weighted by molar-refractivity contribution is 0.628. The highest BCUT2D eigenvalue weighted by molar-refractivity contribution is 7.26. The Hall–Kier alpha value is -10.0. The first kappa shape index (κ1) is 46.9. The second-order valence-electron chi connectivity index (χ2n) is 22.9. The number of fused-ring (bicyclic) bond motifs is 20. The van der Waals surface area contributed by atoms with Crippen LogP contribution < -0.4 is 0 Å². The van der Waals surface area contributed by atoms with Gasteiger partial charge in [0.25, 0.3) is 0 Å². The van der Waals surface area contributed by atoms with Crippen molar-refractivity contribution in [2.45, 2.75) is 38.5 Å². The number of furan rings is 1. The highest BCUT2D eigenvalue weighted by Gasteiger charge is 2.45. The van der Waals surface area contributed by atoms with E-state index in [-0.39, 0.29) is 10.8 Å². The standard InChI is InChI=1S/C40H23N3OS.C34H27N3/c1-3-11-24(12-4-1)37-36-30-21-22-34-35(29-16-8-10-18-33(29)44-34)38(30)45-40(36)42-39(41-37)25-19-20-28-27-15-7-9-17-31(27)43(32(28)23-25)26-13-5-2-6-14-26;1-33(2)25-14-8-5-13-23(25)29-26(33)18-17-22-24-19-35-32(36-31(24)34(3,4)30(22)29)37-27-15-9-6-11-20(27)21-12-7-10-16-28(21)37/h1-23H;5-19H,1-4H3. The van der Waals surface area contributed by atoms with Crippen LogP contribution in [-0.4, -0.2) is 29.1 Å². The second-order valence-corrected chi connectivity index (χ2v) is 23.9. The Kier molecular flexibility index (Phi) is 9.85. The molecule has 0 unspecified atom stereocenters. The summed E-state index contributed by atoms with van der Waals surface area (Å²) in [6.45, 7) is 9.35. The summed E-state index contributed by atoms with van der Waals surface area (Å²) in [6.07, 6.45) is 2.05. The summed E-state index contributed by atoms with van der Waals surface area (Å²) in [5, 5.41) is 9.38. The number of aromatic nitrogens is 6. The molecule has 0 saturated heterocycles. The summed E-state index contributed by atoms with van der Waals surface area (Å²) in [5.74, 6) is 1.45. The van der Waals surface area contributed by atoms with E-state index in [0.717, 1.165) is 93.8 Å². The van der Waals surface area contributed by atoms with Crippen molar-refractivity contribution in [2.24, 2.45) is 0 Å². The fourth-order valence-corrected chi connectivity index (χ4v) is 15.1. The van der Waals surface area contributed by atoms with Crippen molar-refractivity contribution in [1.29, 1.82) is 0 Å². The topological polar surface area (TPSA) is 74.6 Å². The maximum Gasteiger partial charge on any atom is 0.234 e. The SMILES string of the molecule is CC1(C)c2ccccc2-c2c1ccc1c2C(C)(C)c2nc(-n3c4ccccc4c4ccccc43)ncc2-1.c1ccc(-c2nc(-c3ccc4c5ccccc5n(-c5ccccc5)c4c3)nc3sc4c(ccc5oc6ccccc6c54)c23)cc1. The van der Waals surface area contributed by atoms with E-state index in [0.29, 0.717) is 5.82 Å². The maximum absolute atomic E-state index is 6.25. The van der Waals surface area contributed by atoms with E-state index in [4.69, 9.17) is 24.4 Å². The summed E-state index contributed by atoms with van der Waals surface area (Å²) in [6, 6.07) is 79.4. The van der Waals surface area contributed by atoms with Gasteiger partial charge in [0.05, 0.1) is 33.5 Å². The molecule has 7 nitrogen and oxygen atoms in total. The highest BCUT2D eigenvalue weighted by atomic mass is 32.1. The molecule has 8 heteroatoms. The minimum absolute atomic E-state index is 0.0222. The molecule has 0 amide bonds. The van der Waals surface area contributed by atoms with Gasteiger partial charge in [0.15, 0.2) is 5.82 Å². The van der Waals surface area contributed by atoms with Crippen LogP contribution in [0.4, 0.5) is 0 Å². The van der Waals surface area contributed by atoms with Gasteiger partial charge in [-0.1, -0.05) is 198 Å². The van der Waals surface area contributed by atoms with Crippen LogP contribution in [0, 0.1) is 0 Å². The number of rotatable bonds is 4. The Balaban J connectivity index is 0.000000133. The third-order valence-corrected chi connectivity index (χ3v) is 18.8. The molecule has 0 aliphatic heterocycles. The third-order valence-electron chi connectivity index (χ3n) is 17.6. The molecule has 2 aliphatic carbocycles. The van der Waals surface area contributed by atoms with E-state index in [1.807, 2.05) is 24.4 Å². The molecule has 0 bridgehead atoms. The molecule has 0 radical (unpaired) electrons. The fourth-order valence-electron chi connectivity index (χ4n) is 13.9. The van der Waals surface area contributed by atoms with E-state index in [1.54, 1.807) is 11.3 Å². The van der Waals surface area contributed by atoms with Crippen molar-refractivity contribution < 1.29 is 4.42 Å². The normalized spacial score (nSPS) is 13.8. The van der Waals surface area contributed by atoms with Crippen LogP contribution in [0.1, 0.15) is 50.1 Å². The molecular weight excluding hydrogens is 1020 g/mol. The van der Waals surface area contributed by atoms with Crippen LogP contribution in [0.2, 0.25) is 0 Å². The molecule has 0 fully saturated rings. The Bertz CT molecular complexity index is 5300. The minimum Gasteiger partial charge on any atom is -0.456 e. The minimum atomic E-state index is -0.250. The second kappa shape index (κ2) is 17.2. The van der Waals surface area contributed by atoms with Crippen LogP contribution in [0.5, 0.6) is 0 Å². The van der Waals surface area contributed by atoms with E-state index in [1.165, 1.54) is 65.1 Å². The van der Waals surface area contributed by atoms with Crippen molar-refractivity contribution in [3.05, 3.63) is 253 Å². The summed E-state index contributed by atoms with van der Waals surface area (Å²) < 4.78 is 12.0. The van der Waals surface area contributed by atoms with Gasteiger partial charge in [0.2, 0.25) is 5.95 Å². The quantitative estimate of drug-likeness (QED) is 0.176. The zero-order valence-corrected chi connectivity index (χ0v) is 46.3. The van der Waals surface area contributed by atoms with Crippen molar-refractivity contribution in [1.82, 2.24) is 29.1 Å². The first-order chi connectivity index (χ1) is 40.2. The van der Waals surface area contributed by atoms with Gasteiger partial charge in [-0.15, -0.1) is 11.3 Å². The molecule has 18 rings (SSSR count). The number of hydrogen-bond acceptors (Lipinski definition) is 6. The van der Waals surface area contributed by atoms with Crippen LogP contribution in [0.15, 0.2) is 235 Å². The zero-order chi connectivity index (χ0) is 54.6. The van der Waals surface area contributed by atoms with Crippen LogP contribution in [-0.2, 0) is 10.8 Å². The highest BCUT2D eigenvalue weighted by Crippen LogP contribution is 2.58. The first-order valence-electron chi connectivity index (χ1n) is 28.0. The summed E-state index contributed by atoms with van der Waals surface area (Å²) >= 11 is 1.72. The van der Waals surface area contributed by atoms with E-state index in [2.05, 4.69) is 243 Å². The molecule has 0 saturated carbocycles. The summed E-state index contributed by atoms with van der Waals surface area (Å²) in [7, 11) is 0. The maximum atomic E-state index is 6.25. The first-order valence-corrected chi connectivity index (χ1v) is 28.9. The Labute approximate surface area is 476 Å². The Morgan fingerprint density at radius 3 is 1.79 bits per heavy atom. The molecule has 388 valence electrons. The van der Waals surface area contributed by atoms with Gasteiger partial charge in [-0.3, -0.25) is 4.57 Å². The molecular formula is C74H50N6OS. The largest absolute Gasteiger partial charge is 0.456 e. The monoisotopic (exact) mass is 1070 g/mol. The van der Waals surface area contributed by atoms with Gasteiger partial charge >= 0.3 is 0 Å². The summed E-state index contributed by atoms with van der Waals surface area (Å²) in [4.78, 5) is 21.9. The van der Waals surface area contributed by atoms with Gasteiger partial charge in [-0.05, 0) is 88.0 Å². The van der Waals surface area contributed by atoms with Crippen LogP contribution in [0.25, 0.3) is 142 Å². The van der Waals surface area contributed by atoms with Crippen molar-refractivity contribution in [2.75, 3.05) is 0 Å². The van der Waals surface area contributed by atoms with Crippen molar-refractivity contribution in [3.8, 4) is 56.5 Å². The van der Waals surface area contributed by atoms with E-state index < -0.39 is 0 Å². The predicted molar refractivity (Wildman–Crippen MR) is 339 cm³/mol. The van der Waals surface area contributed by atoms with Gasteiger partial charge in [0.1, 0.15) is 16.0 Å². The smallest absolute Gasteiger partial charge is 0.234 e. The molecule has 16 aromatic rings. The van der Waals surface area contributed by atoms with Gasteiger partial charge in [-0.25, -0.2) is 19.9 Å². The number of para-hydroxylation sites is 5. The van der Waals surface area contributed by atoms with Gasteiger partial charge in [0, 0.05) is 87.2 Å². The fraction of sp³-hybridized carbons (Fsp3) is 0.0811. The molecule has 2 aliphatic rings. The molecule has 82 heavy (non-hydrogen) atoms. The zero-order valence-electron chi connectivity index (χ0n) is 45.4. The Morgan fingerprint density at radius 1 is 0.427 bits per heavy atom. The molecule has 0 atom stereocenters. The summed E-state index contributed by atoms with van der Waals surface area (Å²) in [5.41, 5.74) is 20.7. The molecule has 6 aromatic heterocycles. The lowest BCUT2D eigenvalue weighted by Gasteiger charge is -2.25. The van der Waals surface area contributed by atoms with Gasteiger partial charge < -0.3 is 8.98 Å². The van der Waals surface area contributed by atoms with E-state index in [9.17, 15) is 0 Å². The Morgan fingerprint density at radius 2 is 1.05 bits per heavy atom. The molecule has 0 spiro atoms. The third kappa shape index (κ3) is 6.58.